The number of carbonyl (C=O) groups is 3. The molecule has 4 atom stereocenters. The predicted octanol–water partition coefficient (Wildman–Crippen LogP) is 4.96. The van der Waals surface area contributed by atoms with Crippen LogP contribution < -0.4 is 0 Å². The van der Waals surface area contributed by atoms with Crippen molar-refractivity contribution in [1.29, 1.82) is 0 Å². The minimum atomic E-state index is -0.888. The zero-order chi connectivity index (χ0) is 27.0. The predicted molar refractivity (Wildman–Crippen MR) is 138 cm³/mol. The Kier molecular flexibility index (Phi) is 10.8. The van der Waals surface area contributed by atoms with E-state index in [1.165, 1.54) is 7.11 Å². The molecule has 1 N–H and O–H groups in total. The lowest BCUT2D eigenvalue weighted by atomic mass is 9.92. The molecule has 1 aromatic rings. The van der Waals surface area contributed by atoms with E-state index in [1.807, 2.05) is 76.8 Å². The third-order valence-corrected chi connectivity index (χ3v) is 6.62. The van der Waals surface area contributed by atoms with E-state index in [2.05, 4.69) is 0 Å². The Morgan fingerprint density at radius 1 is 1.08 bits per heavy atom. The van der Waals surface area contributed by atoms with Crippen LogP contribution in [0.25, 0.3) is 0 Å². The van der Waals surface area contributed by atoms with Gasteiger partial charge in [0.1, 0.15) is 11.6 Å². The molecule has 0 unspecified atom stereocenters. The van der Waals surface area contributed by atoms with Gasteiger partial charge in [-0.15, -0.1) is 0 Å². The van der Waals surface area contributed by atoms with Crippen molar-refractivity contribution in [3.8, 4) is 0 Å². The second-order valence-corrected chi connectivity index (χ2v) is 11.3. The monoisotopic (exact) mass is 504 g/mol. The highest BCUT2D eigenvalue weighted by atomic mass is 16.6. The van der Waals surface area contributed by atoms with E-state index in [-0.39, 0.29) is 36.6 Å². The molecule has 1 heterocycles. The first-order valence-electron chi connectivity index (χ1n) is 12.9. The molecule has 2 rings (SSSR count). The van der Waals surface area contributed by atoms with E-state index in [9.17, 15) is 19.5 Å². The number of esters is 1. The number of benzene rings is 1. The summed E-state index contributed by atoms with van der Waals surface area (Å²) < 4.78 is 10.6. The van der Waals surface area contributed by atoms with Gasteiger partial charge in [0.25, 0.3) is 0 Å². The molecular weight excluding hydrogens is 460 g/mol. The van der Waals surface area contributed by atoms with E-state index in [4.69, 9.17) is 9.47 Å². The number of ether oxygens (including phenoxy) is 2. The molecule has 1 fully saturated rings. The van der Waals surface area contributed by atoms with Gasteiger partial charge in [-0.2, -0.15) is 0 Å². The summed E-state index contributed by atoms with van der Waals surface area (Å²) >= 11 is 0. The fraction of sp³-hybridized carbons (Fsp3) is 0.679. The summed E-state index contributed by atoms with van der Waals surface area (Å²) in [5.41, 5.74) is 0.402. The van der Waals surface area contributed by atoms with Crippen molar-refractivity contribution in [2.24, 2.45) is 11.8 Å². The molecule has 0 spiro atoms. The second kappa shape index (κ2) is 13.1. The maximum atomic E-state index is 13.3. The van der Waals surface area contributed by atoms with Crippen LogP contribution in [0.1, 0.15) is 72.8 Å². The van der Waals surface area contributed by atoms with Crippen LogP contribution in [0, 0.1) is 11.8 Å². The summed E-state index contributed by atoms with van der Waals surface area (Å²) in [4.78, 5) is 41.3. The molecule has 1 aliphatic rings. The number of carboxylic acid groups (broad SMARTS) is 1. The van der Waals surface area contributed by atoms with E-state index < -0.39 is 23.7 Å². The summed E-state index contributed by atoms with van der Waals surface area (Å²) in [6.45, 7) is 11.5. The van der Waals surface area contributed by atoms with Gasteiger partial charge in [-0.3, -0.25) is 19.4 Å². The Morgan fingerprint density at radius 2 is 1.72 bits per heavy atom. The molecule has 0 radical (unpaired) electrons. The van der Waals surface area contributed by atoms with Gasteiger partial charge >= 0.3 is 18.0 Å². The Balaban J connectivity index is 2.42. The molecule has 0 saturated carbocycles. The Morgan fingerprint density at radius 3 is 2.25 bits per heavy atom. The van der Waals surface area contributed by atoms with Crippen LogP contribution in [-0.2, 0) is 25.5 Å². The first kappa shape index (κ1) is 29.6. The minimum absolute atomic E-state index is 0.175. The summed E-state index contributed by atoms with van der Waals surface area (Å²) in [7, 11) is 1.38. The maximum Gasteiger partial charge on any atom is 0.411 e. The highest BCUT2D eigenvalue weighted by Gasteiger charge is 2.47. The maximum absolute atomic E-state index is 13.3. The molecule has 8 heteroatoms. The number of methoxy groups -OCH3 is 1. The second-order valence-electron chi connectivity index (χ2n) is 11.3. The van der Waals surface area contributed by atoms with Crippen LogP contribution in [0.4, 0.5) is 4.79 Å². The number of amides is 1. The van der Waals surface area contributed by atoms with Crippen LogP contribution >= 0.6 is 0 Å². The number of rotatable bonds is 11. The normalized spacial score (nSPS) is 20.3. The number of hydrogen-bond donors (Lipinski definition) is 1. The van der Waals surface area contributed by atoms with Crippen molar-refractivity contribution >= 4 is 18.0 Å². The van der Waals surface area contributed by atoms with Gasteiger partial charge in [0.15, 0.2) is 0 Å². The highest BCUT2D eigenvalue weighted by molar-refractivity contribution is 5.74. The summed E-state index contributed by atoms with van der Waals surface area (Å²) in [5.74, 6) is -1.21. The molecule has 1 saturated heterocycles. The Labute approximate surface area is 215 Å². The molecule has 36 heavy (non-hydrogen) atoms. The summed E-state index contributed by atoms with van der Waals surface area (Å²) in [6.07, 6.45) is 2.61. The van der Waals surface area contributed by atoms with Gasteiger partial charge in [0, 0.05) is 6.04 Å². The van der Waals surface area contributed by atoms with Crippen molar-refractivity contribution < 1.29 is 29.0 Å². The molecular formula is C28H44N2O6. The van der Waals surface area contributed by atoms with Crippen LogP contribution in [0.5, 0.6) is 0 Å². The average Bonchev–Trinajstić information content (AvgIpc) is 3.14. The molecule has 1 amide bonds. The van der Waals surface area contributed by atoms with E-state index in [0.717, 1.165) is 5.56 Å². The molecule has 0 aromatic heterocycles. The Hall–Kier alpha value is -2.61. The van der Waals surface area contributed by atoms with Crippen LogP contribution in [0.15, 0.2) is 30.3 Å². The summed E-state index contributed by atoms with van der Waals surface area (Å²) in [6, 6.07) is 8.75. The molecule has 202 valence electrons. The number of carboxylic acids is 1. The number of aliphatic carboxylic acids is 1. The third kappa shape index (κ3) is 8.50. The zero-order valence-electron chi connectivity index (χ0n) is 22.9. The van der Waals surface area contributed by atoms with Gasteiger partial charge in [-0.1, -0.05) is 57.5 Å². The molecule has 1 aromatic carbocycles. The standard InChI is InChI=1S/C28H44N2O6/c1-19(2)16-24(25(31)32)29-18-30(27(34)36-28(4,5)6)23(17-21-13-9-8-10-14-21)22(29)15-11-12-20(3)26(33)35-7/h8-10,13-14,19-20,22-24H,11-12,15-18H2,1-7H3,(H,31,32)/t20-,22+,23-,24+/m1/s1. The number of nitrogens with zero attached hydrogens (tertiary/aromatic N) is 2. The Bertz CT molecular complexity index is 867. The average molecular weight is 505 g/mol. The number of carbonyl (C=O) groups excluding carboxylic acids is 2. The van der Waals surface area contributed by atoms with Gasteiger partial charge < -0.3 is 14.6 Å². The van der Waals surface area contributed by atoms with Crippen LogP contribution in [-0.4, -0.2) is 70.4 Å². The smallest absolute Gasteiger partial charge is 0.411 e. The van der Waals surface area contributed by atoms with Gasteiger partial charge in [-0.25, -0.2) is 4.79 Å². The molecule has 1 aliphatic heterocycles. The lowest BCUT2D eigenvalue weighted by Gasteiger charge is -2.32. The SMILES string of the molecule is COC(=O)[C@H](C)CCC[C@H]1[C@@H](Cc2ccccc2)N(C(=O)OC(C)(C)C)CN1[C@@H](CC(C)C)C(=O)O. The third-order valence-electron chi connectivity index (χ3n) is 6.62. The van der Waals surface area contributed by atoms with Gasteiger partial charge in [0.05, 0.1) is 25.7 Å². The summed E-state index contributed by atoms with van der Waals surface area (Å²) in [5, 5.41) is 10.2. The zero-order valence-corrected chi connectivity index (χ0v) is 22.9. The fourth-order valence-corrected chi connectivity index (χ4v) is 4.89. The van der Waals surface area contributed by atoms with E-state index in [0.29, 0.717) is 32.1 Å². The molecule has 8 nitrogen and oxygen atoms in total. The minimum Gasteiger partial charge on any atom is -0.480 e. The van der Waals surface area contributed by atoms with Gasteiger partial charge in [-0.05, 0) is 57.9 Å². The quantitative estimate of drug-likeness (QED) is 0.426. The first-order valence-corrected chi connectivity index (χ1v) is 12.9. The number of hydrogen-bond acceptors (Lipinski definition) is 6. The lowest BCUT2D eigenvalue weighted by Crippen LogP contribution is -2.47. The molecule has 0 aliphatic carbocycles. The van der Waals surface area contributed by atoms with Crippen molar-refractivity contribution in [2.45, 2.75) is 97.4 Å². The van der Waals surface area contributed by atoms with Crippen molar-refractivity contribution in [1.82, 2.24) is 9.80 Å². The van der Waals surface area contributed by atoms with Crippen molar-refractivity contribution in [3.63, 3.8) is 0 Å². The van der Waals surface area contributed by atoms with Crippen LogP contribution in [0.2, 0.25) is 0 Å². The molecule has 0 bridgehead atoms. The van der Waals surface area contributed by atoms with E-state index in [1.54, 1.807) is 4.90 Å². The lowest BCUT2D eigenvalue weighted by molar-refractivity contribution is -0.145. The van der Waals surface area contributed by atoms with Crippen LogP contribution in [0.3, 0.4) is 0 Å². The first-order chi connectivity index (χ1) is 16.8. The van der Waals surface area contributed by atoms with Gasteiger partial charge in [0.2, 0.25) is 0 Å². The fourth-order valence-electron chi connectivity index (χ4n) is 4.89. The van der Waals surface area contributed by atoms with Crippen molar-refractivity contribution in [3.05, 3.63) is 35.9 Å². The topological polar surface area (TPSA) is 96.4 Å². The highest BCUT2D eigenvalue weighted by Crippen LogP contribution is 2.33. The largest absolute Gasteiger partial charge is 0.480 e. The van der Waals surface area contributed by atoms with E-state index >= 15 is 0 Å². The van der Waals surface area contributed by atoms with Crippen molar-refractivity contribution in [2.75, 3.05) is 13.8 Å².